The molecule has 0 unspecified atom stereocenters. The van der Waals surface area contributed by atoms with E-state index in [4.69, 9.17) is 0 Å². The third kappa shape index (κ3) is 4.53. The molecule has 1 aromatic heterocycles. The van der Waals surface area contributed by atoms with Gasteiger partial charge in [0.1, 0.15) is 0 Å². The van der Waals surface area contributed by atoms with Gasteiger partial charge in [0.05, 0.1) is 11.4 Å². The molecule has 0 aliphatic carbocycles. The van der Waals surface area contributed by atoms with E-state index in [1.54, 1.807) is 18.3 Å². The summed E-state index contributed by atoms with van der Waals surface area (Å²) in [7, 11) is -3.63. The predicted molar refractivity (Wildman–Crippen MR) is 119 cm³/mol. The molecule has 0 spiro atoms. The molecule has 2 aromatic carbocycles. The fourth-order valence-electron chi connectivity index (χ4n) is 3.78. The molecule has 1 amide bonds. The summed E-state index contributed by atoms with van der Waals surface area (Å²) in [4.78, 5) is 29.2. The highest BCUT2D eigenvalue weighted by Gasteiger charge is 2.29. The van der Waals surface area contributed by atoms with E-state index in [0.717, 1.165) is 10.9 Å². The van der Waals surface area contributed by atoms with Crippen LogP contribution in [0.25, 0.3) is 10.9 Å². The number of ketones is 1. The number of anilines is 1. The number of benzene rings is 2. The number of H-pyrrole nitrogens is 1. The van der Waals surface area contributed by atoms with Crippen molar-refractivity contribution in [2.45, 2.75) is 11.8 Å². The number of rotatable bonds is 6. The minimum Gasteiger partial charge on any atom is -0.360 e. The number of Topliss-reactive ketones (excluding diaryl/α,β-unsaturated/α-hetero) is 1. The number of para-hydroxylation sites is 1. The van der Waals surface area contributed by atoms with Gasteiger partial charge in [-0.3, -0.25) is 14.5 Å². The average Bonchev–Trinajstić information content (AvgIpc) is 3.18. The molecule has 3 aromatic rings. The molecule has 31 heavy (non-hydrogen) atoms. The van der Waals surface area contributed by atoms with Crippen molar-refractivity contribution in [2.75, 3.05) is 38.0 Å². The van der Waals surface area contributed by atoms with E-state index in [1.807, 2.05) is 29.2 Å². The predicted octanol–water partition coefficient (Wildman–Crippen LogP) is 2.32. The van der Waals surface area contributed by atoms with Crippen LogP contribution in [-0.2, 0) is 14.8 Å². The lowest BCUT2D eigenvalue weighted by atomic mass is 10.1. The summed E-state index contributed by atoms with van der Waals surface area (Å²) < 4.78 is 27.3. The van der Waals surface area contributed by atoms with Crippen molar-refractivity contribution in [1.82, 2.24) is 14.2 Å². The monoisotopic (exact) mass is 440 g/mol. The van der Waals surface area contributed by atoms with Gasteiger partial charge in [0, 0.05) is 61.5 Å². The number of sulfonamides is 1. The highest BCUT2D eigenvalue weighted by molar-refractivity contribution is 7.89. The number of hydrogen-bond donors (Lipinski definition) is 2. The van der Waals surface area contributed by atoms with Gasteiger partial charge < -0.3 is 10.3 Å². The number of amides is 1. The second kappa shape index (κ2) is 8.62. The molecule has 1 fully saturated rings. The van der Waals surface area contributed by atoms with E-state index in [-0.39, 0.29) is 23.1 Å². The Hall–Kier alpha value is -3.01. The van der Waals surface area contributed by atoms with E-state index in [1.165, 1.54) is 23.4 Å². The fourth-order valence-corrected chi connectivity index (χ4v) is 5.20. The normalized spacial score (nSPS) is 15.8. The van der Waals surface area contributed by atoms with Crippen LogP contribution in [0.2, 0.25) is 0 Å². The van der Waals surface area contributed by atoms with Crippen LogP contribution in [0.3, 0.4) is 0 Å². The standard InChI is InChI=1S/C22H24N4O4S/c1-16(27)24-17-6-8-18(9-7-17)31(29,30)26-12-10-25(11-13-26)15-22(28)20-14-23-21-5-3-2-4-19(20)21/h2-9,14,23H,10-13,15H2,1H3,(H,24,27). The lowest BCUT2D eigenvalue weighted by molar-refractivity contribution is -0.114. The molecule has 162 valence electrons. The smallest absolute Gasteiger partial charge is 0.243 e. The number of carbonyl (C=O) groups excluding carboxylic acids is 2. The molecule has 1 aliphatic heterocycles. The third-order valence-corrected chi connectivity index (χ3v) is 7.31. The van der Waals surface area contributed by atoms with Gasteiger partial charge in [0.25, 0.3) is 0 Å². The maximum Gasteiger partial charge on any atom is 0.243 e. The number of aromatic nitrogens is 1. The lowest BCUT2D eigenvalue weighted by Gasteiger charge is -2.33. The van der Waals surface area contributed by atoms with Gasteiger partial charge in [-0.1, -0.05) is 18.2 Å². The number of nitrogens with one attached hydrogen (secondary N) is 2. The minimum atomic E-state index is -3.63. The Morgan fingerprint density at radius 3 is 2.35 bits per heavy atom. The molecule has 1 saturated heterocycles. The van der Waals surface area contributed by atoms with Gasteiger partial charge in [-0.05, 0) is 30.3 Å². The second-order valence-corrected chi connectivity index (χ2v) is 9.49. The van der Waals surface area contributed by atoms with E-state index in [9.17, 15) is 18.0 Å². The quantitative estimate of drug-likeness (QED) is 0.573. The summed E-state index contributed by atoms with van der Waals surface area (Å²) in [6.07, 6.45) is 1.73. The zero-order valence-corrected chi connectivity index (χ0v) is 18.0. The Morgan fingerprint density at radius 1 is 1.00 bits per heavy atom. The van der Waals surface area contributed by atoms with Crippen molar-refractivity contribution in [3.05, 3.63) is 60.3 Å². The van der Waals surface area contributed by atoms with Gasteiger partial charge in [-0.15, -0.1) is 0 Å². The van der Waals surface area contributed by atoms with Crippen molar-refractivity contribution >= 4 is 38.3 Å². The van der Waals surface area contributed by atoms with Crippen LogP contribution < -0.4 is 5.32 Å². The van der Waals surface area contributed by atoms with Gasteiger partial charge >= 0.3 is 0 Å². The lowest BCUT2D eigenvalue weighted by Crippen LogP contribution is -2.49. The van der Waals surface area contributed by atoms with Gasteiger partial charge in [0.15, 0.2) is 5.78 Å². The van der Waals surface area contributed by atoms with E-state index >= 15 is 0 Å². The molecule has 9 heteroatoms. The molecule has 0 radical (unpaired) electrons. The van der Waals surface area contributed by atoms with Crippen molar-refractivity contribution in [1.29, 1.82) is 0 Å². The Morgan fingerprint density at radius 2 is 1.68 bits per heavy atom. The summed E-state index contributed by atoms with van der Waals surface area (Å²) >= 11 is 0. The maximum atomic E-state index is 12.9. The van der Waals surface area contributed by atoms with Gasteiger partial charge in [0.2, 0.25) is 15.9 Å². The number of piperazine rings is 1. The molecular formula is C22H24N4O4S. The molecule has 2 N–H and O–H groups in total. The number of hydrogen-bond acceptors (Lipinski definition) is 5. The first kappa shape index (κ1) is 21.2. The third-order valence-electron chi connectivity index (χ3n) is 5.40. The zero-order valence-electron chi connectivity index (χ0n) is 17.2. The van der Waals surface area contributed by atoms with Crippen LogP contribution in [0.15, 0.2) is 59.6 Å². The van der Waals surface area contributed by atoms with Crippen molar-refractivity contribution in [3.63, 3.8) is 0 Å². The SMILES string of the molecule is CC(=O)Nc1ccc(S(=O)(=O)N2CCN(CC(=O)c3c[nH]c4ccccc34)CC2)cc1. The highest BCUT2D eigenvalue weighted by Crippen LogP contribution is 2.21. The van der Waals surface area contributed by atoms with E-state index in [2.05, 4.69) is 10.3 Å². The molecule has 0 bridgehead atoms. The van der Waals surface area contributed by atoms with Gasteiger partial charge in [-0.2, -0.15) is 4.31 Å². The second-order valence-electron chi connectivity index (χ2n) is 7.56. The van der Waals surface area contributed by atoms with Gasteiger partial charge in [-0.25, -0.2) is 8.42 Å². The van der Waals surface area contributed by atoms with Crippen LogP contribution in [-0.4, -0.2) is 67.0 Å². The molecule has 0 saturated carbocycles. The molecular weight excluding hydrogens is 416 g/mol. The zero-order chi connectivity index (χ0) is 22.0. The summed E-state index contributed by atoms with van der Waals surface area (Å²) in [6.45, 7) is 3.25. The molecule has 1 aliphatic rings. The molecule has 2 heterocycles. The summed E-state index contributed by atoms with van der Waals surface area (Å²) in [5, 5.41) is 3.52. The van der Waals surface area contributed by atoms with Crippen molar-refractivity contribution < 1.29 is 18.0 Å². The van der Waals surface area contributed by atoms with Crippen LogP contribution in [0.1, 0.15) is 17.3 Å². The van der Waals surface area contributed by atoms with Crippen molar-refractivity contribution in [3.8, 4) is 0 Å². The molecule has 8 nitrogen and oxygen atoms in total. The van der Waals surface area contributed by atoms with E-state index in [0.29, 0.717) is 37.4 Å². The number of nitrogens with zero attached hydrogens (tertiary/aromatic N) is 2. The van der Waals surface area contributed by atoms with Crippen LogP contribution >= 0.6 is 0 Å². The highest BCUT2D eigenvalue weighted by atomic mass is 32.2. The molecule has 0 atom stereocenters. The number of carbonyl (C=O) groups is 2. The molecule has 4 rings (SSSR count). The maximum absolute atomic E-state index is 12.9. The largest absolute Gasteiger partial charge is 0.360 e. The number of aromatic amines is 1. The Balaban J connectivity index is 1.37. The minimum absolute atomic E-state index is 0.0160. The topological polar surface area (TPSA) is 103 Å². The van der Waals surface area contributed by atoms with Crippen molar-refractivity contribution in [2.24, 2.45) is 0 Å². The summed E-state index contributed by atoms with van der Waals surface area (Å²) in [5.41, 5.74) is 2.13. The first-order chi connectivity index (χ1) is 14.8. The van der Waals surface area contributed by atoms with Crippen LogP contribution in [0.4, 0.5) is 5.69 Å². The van der Waals surface area contributed by atoms with Crippen LogP contribution in [0.5, 0.6) is 0 Å². The Bertz CT molecular complexity index is 1210. The van der Waals surface area contributed by atoms with Crippen LogP contribution in [0, 0.1) is 0 Å². The Kier molecular flexibility index (Phi) is 5.90. The summed E-state index contributed by atoms with van der Waals surface area (Å²) in [5.74, 6) is -0.198. The first-order valence-corrected chi connectivity index (χ1v) is 11.5. The van der Waals surface area contributed by atoms with E-state index < -0.39 is 10.0 Å². The first-order valence-electron chi connectivity index (χ1n) is 10.0. The number of fused-ring (bicyclic) bond motifs is 1. The summed E-state index contributed by atoms with van der Waals surface area (Å²) in [6, 6.07) is 13.8. The average molecular weight is 441 g/mol. The fraction of sp³-hybridized carbons (Fsp3) is 0.273. The Labute approximate surface area is 180 Å².